The van der Waals surface area contributed by atoms with E-state index in [1.807, 2.05) is 54.7 Å². The number of hydrogen-bond donors (Lipinski definition) is 0. The maximum Gasteiger partial charge on any atom is 2.00 e. The Hall–Kier alpha value is -3.81. The van der Waals surface area contributed by atoms with Gasteiger partial charge in [0.1, 0.15) is 0 Å². The van der Waals surface area contributed by atoms with Crippen LogP contribution in [0, 0.1) is 12.1 Å². The Kier molecular flexibility index (Phi) is 7.14. The molecule has 0 saturated carbocycles. The van der Waals surface area contributed by atoms with Crippen molar-refractivity contribution in [1.82, 2.24) is 9.97 Å². The third-order valence-electron chi connectivity index (χ3n) is 6.52. The van der Waals surface area contributed by atoms with E-state index in [9.17, 15) is 0 Å². The van der Waals surface area contributed by atoms with E-state index in [0.29, 0.717) is 11.5 Å². The molecule has 0 unspecified atom stereocenters. The van der Waals surface area contributed by atoms with Crippen molar-refractivity contribution in [2.75, 3.05) is 0 Å². The Morgan fingerprint density at radius 3 is 2.13 bits per heavy atom. The van der Waals surface area contributed by atoms with Crippen LogP contribution >= 0.6 is 0 Å². The van der Waals surface area contributed by atoms with Gasteiger partial charge in [-0.25, -0.2) is 0 Å². The molecule has 0 radical (unpaired) electrons. The number of hydrogen-bond acceptors (Lipinski definition) is 3. The normalized spacial score (nSPS) is 11.3. The number of aromatic nitrogens is 2. The molecule has 188 valence electrons. The van der Waals surface area contributed by atoms with Crippen LogP contribution in [0.4, 0.5) is 0 Å². The summed E-state index contributed by atoms with van der Waals surface area (Å²) in [6, 6.07) is 37.7. The van der Waals surface area contributed by atoms with Crippen molar-refractivity contribution in [2.45, 2.75) is 26.2 Å². The summed E-state index contributed by atoms with van der Waals surface area (Å²) in [4.78, 5) is 9.31. The van der Waals surface area contributed by atoms with Gasteiger partial charge in [-0.15, -0.1) is 22.8 Å². The molecule has 38 heavy (non-hydrogen) atoms. The van der Waals surface area contributed by atoms with E-state index >= 15 is 0 Å². The molecule has 2 heterocycles. The minimum absolute atomic E-state index is 0. The fourth-order valence-corrected chi connectivity index (χ4v) is 4.50. The molecule has 6 aromatic rings. The standard InChI is InChI=1S/C34H26N2O.Pt/c1-34(2,3)27-16-26(33-19-23-10-4-5-12-25(23)22-36-33)18-28(20-27)37-29-17-24-11-6-7-13-30(24)31(21-29)32-14-8-9-15-35-32;/h4-17,19-20,22H,1-3H3;/q-2;+2. The molecule has 4 heteroatoms. The zero-order valence-electron chi connectivity index (χ0n) is 21.4. The van der Waals surface area contributed by atoms with E-state index < -0.39 is 0 Å². The average Bonchev–Trinajstić information content (AvgIpc) is 2.92. The number of fused-ring (bicyclic) bond motifs is 2. The van der Waals surface area contributed by atoms with Crippen molar-refractivity contribution in [3.05, 3.63) is 121 Å². The van der Waals surface area contributed by atoms with Crippen LogP contribution in [0.25, 0.3) is 44.1 Å². The summed E-state index contributed by atoms with van der Waals surface area (Å²) in [5.74, 6) is 1.26. The molecule has 3 nitrogen and oxygen atoms in total. The van der Waals surface area contributed by atoms with Crippen molar-refractivity contribution in [3.8, 4) is 34.0 Å². The second-order valence-corrected chi connectivity index (χ2v) is 10.2. The van der Waals surface area contributed by atoms with Crippen molar-refractivity contribution in [2.24, 2.45) is 0 Å². The predicted molar refractivity (Wildman–Crippen MR) is 151 cm³/mol. The molecule has 0 bridgehead atoms. The molecule has 0 fully saturated rings. The SMILES string of the molecule is CC(C)(C)c1cc(Oc2[c-]c(-c3ccccn3)c3ccccc3c2)[c-]c(-c2cc3ccccc3cn2)c1.[Pt+2]. The molecule has 2 aromatic heterocycles. The van der Waals surface area contributed by atoms with Gasteiger partial charge < -0.3 is 14.7 Å². The quantitative estimate of drug-likeness (QED) is 0.176. The summed E-state index contributed by atoms with van der Waals surface area (Å²) in [7, 11) is 0. The van der Waals surface area contributed by atoms with Gasteiger partial charge in [-0.3, -0.25) is 0 Å². The van der Waals surface area contributed by atoms with Crippen molar-refractivity contribution >= 4 is 21.5 Å². The van der Waals surface area contributed by atoms with Gasteiger partial charge in [0.05, 0.1) is 0 Å². The number of benzene rings is 4. The van der Waals surface area contributed by atoms with Gasteiger partial charge in [-0.2, -0.15) is 0 Å². The summed E-state index contributed by atoms with van der Waals surface area (Å²) in [6.07, 6.45) is 3.72. The van der Waals surface area contributed by atoms with Crippen molar-refractivity contribution in [3.63, 3.8) is 0 Å². The van der Waals surface area contributed by atoms with Crippen molar-refractivity contribution < 1.29 is 25.8 Å². The van der Waals surface area contributed by atoms with Crippen molar-refractivity contribution in [1.29, 1.82) is 0 Å². The van der Waals surface area contributed by atoms with Crippen LogP contribution in [0.3, 0.4) is 0 Å². The minimum Gasteiger partial charge on any atom is -0.497 e. The number of ether oxygens (including phenoxy) is 1. The zero-order chi connectivity index (χ0) is 25.4. The second-order valence-electron chi connectivity index (χ2n) is 10.2. The monoisotopic (exact) mass is 673 g/mol. The largest absolute Gasteiger partial charge is 2.00 e. The van der Waals surface area contributed by atoms with Crippen LogP contribution in [-0.4, -0.2) is 9.97 Å². The van der Waals surface area contributed by atoms with Gasteiger partial charge in [0.25, 0.3) is 0 Å². The first-order valence-corrected chi connectivity index (χ1v) is 12.4. The maximum atomic E-state index is 6.47. The van der Waals surface area contributed by atoms with Crippen LogP contribution < -0.4 is 4.74 Å². The summed E-state index contributed by atoms with van der Waals surface area (Å²) in [5.41, 5.74) is 4.61. The smallest absolute Gasteiger partial charge is 0.497 e. The molecule has 6 rings (SSSR count). The van der Waals surface area contributed by atoms with Crippen LogP contribution in [0.15, 0.2) is 103 Å². The fourth-order valence-electron chi connectivity index (χ4n) is 4.50. The Morgan fingerprint density at radius 2 is 1.37 bits per heavy atom. The Bertz CT molecular complexity index is 1740. The van der Waals surface area contributed by atoms with Gasteiger partial charge in [0.15, 0.2) is 0 Å². The maximum absolute atomic E-state index is 6.47. The van der Waals surface area contributed by atoms with Gasteiger partial charge in [0, 0.05) is 23.9 Å². The summed E-state index contributed by atoms with van der Waals surface area (Å²) in [5, 5.41) is 4.41. The summed E-state index contributed by atoms with van der Waals surface area (Å²) in [6.45, 7) is 6.60. The van der Waals surface area contributed by atoms with Gasteiger partial charge in [-0.1, -0.05) is 123 Å². The van der Waals surface area contributed by atoms with E-state index in [-0.39, 0.29) is 26.5 Å². The third-order valence-corrected chi connectivity index (χ3v) is 6.52. The molecule has 0 aliphatic heterocycles. The molecule has 0 atom stereocenters. The Balaban J connectivity index is 0.00000294. The second kappa shape index (κ2) is 10.5. The molecule has 0 aliphatic carbocycles. The molecule has 4 aromatic carbocycles. The Morgan fingerprint density at radius 1 is 0.658 bits per heavy atom. The first kappa shape index (κ1) is 25.8. The van der Waals surface area contributed by atoms with E-state index in [1.54, 1.807) is 6.20 Å². The van der Waals surface area contributed by atoms with Gasteiger partial charge in [-0.05, 0) is 33.6 Å². The number of nitrogens with zero attached hydrogens (tertiary/aromatic N) is 2. The van der Waals surface area contributed by atoms with Crippen LogP contribution in [0.5, 0.6) is 11.5 Å². The Labute approximate surface area is 237 Å². The molecule has 0 amide bonds. The molecule has 0 N–H and O–H groups in total. The molecular formula is C34H26N2OPt. The van der Waals surface area contributed by atoms with Crippen LogP contribution in [0.2, 0.25) is 0 Å². The summed E-state index contributed by atoms with van der Waals surface area (Å²) < 4.78 is 6.47. The third kappa shape index (κ3) is 5.26. The fraction of sp³-hybridized carbons (Fsp3) is 0.118. The number of rotatable bonds is 4. The molecule has 0 aliphatic rings. The zero-order valence-corrected chi connectivity index (χ0v) is 23.7. The van der Waals surface area contributed by atoms with E-state index in [2.05, 4.69) is 80.4 Å². The van der Waals surface area contributed by atoms with Gasteiger partial charge in [0.2, 0.25) is 0 Å². The van der Waals surface area contributed by atoms with E-state index in [0.717, 1.165) is 49.6 Å². The van der Waals surface area contributed by atoms with E-state index in [4.69, 9.17) is 9.72 Å². The first-order chi connectivity index (χ1) is 17.9. The molecule has 0 spiro atoms. The first-order valence-electron chi connectivity index (χ1n) is 12.4. The van der Waals surface area contributed by atoms with E-state index in [1.165, 1.54) is 0 Å². The predicted octanol–water partition coefficient (Wildman–Crippen LogP) is 8.80. The average molecular weight is 674 g/mol. The summed E-state index contributed by atoms with van der Waals surface area (Å²) >= 11 is 0. The molecular weight excluding hydrogens is 647 g/mol. The topological polar surface area (TPSA) is 35.0 Å². The minimum atomic E-state index is -0.0783. The van der Waals surface area contributed by atoms with Gasteiger partial charge >= 0.3 is 21.1 Å². The van der Waals surface area contributed by atoms with Crippen LogP contribution in [0.1, 0.15) is 26.3 Å². The number of pyridine rings is 2. The van der Waals surface area contributed by atoms with Crippen LogP contribution in [-0.2, 0) is 26.5 Å². The molecule has 0 saturated heterocycles.